The lowest BCUT2D eigenvalue weighted by Gasteiger charge is -2.27. The molecule has 1 fully saturated rings. The van der Waals surface area contributed by atoms with Gasteiger partial charge in [0.25, 0.3) is 0 Å². The summed E-state index contributed by atoms with van der Waals surface area (Å²) in [6, 6.07) is 0. The van der Waals surface area contributed by atoms with E-state index in [1.807, 2.05) is 0 Å². The van der Waals surface area contributed by atoms with Crippen molar-refractivity contribution in [2.75, 3.05) is 26.2 Å². The fraction of sp³-hybridized carbons (Fsp3) is 0.875. The minimum absolute atomic E-state index is 0.125. The highest BCUT2D eigenvalue weighted by Gasteiger charge is 2.13. The minimum atomic E-state index is -0.562. The smallest absolute Gasteiger partial charge is 0.0897 e. The van der Waals surface area contributed by atoms with Crippen molar-refractivity contribution in [1.29, 1.82) is 0 Å². The summed E-state index contributed by atoms with van der Waals surface area (Å²) in [7, 11) is 0. The van der Waals surface area contributed by atoms with Gasteiger partial charge in [0.1, 0.15) is 0 Å². The Morgan fingerprint density at radius 2 is 2.00 bits per heavy atom. The first kappa shape index (κ1) is 8.97. The lowest BCUT2D eigenvalue weighted by molar-refractivity contribution is 0.0565. The number of β-amino-alcohol motifs (C(OH)–C–C–N with tert-alkyl or cyclic N) is 1. The normalized spacial score (nSPS) is 23.5. The molecule has 0 aromatic rings. The van der Waals surface area contributed by atoms with Crippen LogP contribution < -0.4 is 0 Å². The maximum absolute atomic E-state index is 9.11. The van der Waals surface area contributed by atoms with Crippen LogP contribution in [0.25, 0.3) is 0 Å². The molecule has 2 N–H and O–H groups in total. The Morgan fingerprint density at radius 3 is 2.55 bits per heavy atom. The molecule has 0 aromatic carbocycles. The van der Waals surface area contributed by atoms with Gasteiger partial charge in [-0.25, -0.2) is 0 Å². The third-order valence-electron chi connectivity index (χ3n) is 1.98. The Balaban J connectivity index is 2.13. The molecule has 1 aliphatic heterocycles. The molecule has 0 aliphatic carbocycles. The van der Waals surface area contributed by atoms with E-state index in [0.29, 0.717) is 6.54 Å². The molecule has 1 saturated heterocycles. The van der Waals surface area contributed by atoms with Gasteiger partial charge in [-0.3, -0.25) is 0 Å². The summed E-state index contributed by atoms with van der Waals surface area (Å²) in [6.45, 7) is 2.54. The van der Waals surface area contributed by atoms with Crippen molar-refractivity contribution in [3.63, 3.8) is 0 Å². The monoisotopic (exact) mass is 158 g/mol. The average molecular weight is 158 g/mol. The predicted octanol–water partition coefficient (Wildman–Crippen LogP) is -0.360. The summed E-state index contributed by atoms with van der Waals surface area (Å²) in [5.74, 6) is 0. The second kappa shape index (κ2) is 4.70. The molecule has 1 atom stereocenters. The van der Waals surface area contributed by atoms with E-state index in [4.69, 9.17) is 10.2 Å². The van der Waals surface area contributed by atoms with Gasteiger partial charge in [-0.1, -0.05) is 0 Å². The molecule has 0 amide bonds. The molecule has 1 rings (SSSR count). The molecule has 0 saturated carbocycles. The summed E-state index contributed by atoms with van der Waals surface area (Å²) in [5, 5.41) is 17.7. The van der Waals surface area contributed by atoms with Crippen molar-refractivity contribution in [3.8, 4) is 0 Å². The van der Waals surface area contributed by atoms with E-state index in [-0.39, 0.29) is 6.61 Å². The fourth-order valence-corrected chi connectivity index (χ4v) is 1.34. The maximum Gasteiger partial charge on any atom is 0.0897 e. The lowest BCUT2D eigenvalue weighted by Crippen LogP contribution is -2.37. The van der Waals surface area contributed by atoms with E-state index < -0.39 is 6.10 Å². The Hall–Kier alpha value is -0.120. The molecule has 0 bridgehead atoms. The van der Waals surface area contributed by atoms with Gasteiger partial charge >= 0.3 is 0 Å². The van der Waals surface area contributed by atoms with Crippen molar-refractivity contribution in [1.82, 2.24) is 4.90 Å². The van der Waals surface area contributed by atoms with Gasteiger partial charge in [-0.05, 0) is 32.4 Å². The van der Waals surface area contributed by atoms with Crippen LogP contribution in [0.1, 0.15) is 12.8 Å². The number of aliphatic hydroxyl groups is 2. The number of nitrogens with zero attached hydrogens (tertiary/aromatic N) is 1. The van der Waals surface area contributed by atoms with Crippen LogP contribution >= 0.6 is 0 Å². The van der Waals surface area contributed by atoms with Crippen LogP contribution in [0.3, 0.4) is 0 Å². The number of hydrogen-bond acceptors (Lipinski definition) is 3. The van der Waals surface area contributed by atoms with Crippen molar-refractivity contribution >= 4 is 0 Å². The number of aliphatic hydroxyl groups excluding tert-OH is 2. The van der Waals surface area contributed by atoms with Crippen molar-refractivity contribution in [2.45, 2.75) is 18.9 Å². The van der Waals surface area contributed by atoms with Crippen LogP contribution in [-0.4, -0.2) is 47.5 Å². The number of hydrogen-bond donors (Lipinski definition) is 2. The Kier molecular flexibility index (Phi) is 3.83. The summed E-state index contributed by atoms with van der Waals surface area (Å²) in [6.07, 6.45) is 3.92. The lowest BCUT2D eigenvalue weighted by atomic mass is 10.1. The number of rotatable bonds is 3. The SMILES string of the molecule is OCC(O)CN1CC[CH]CC1. The van der Waals surface area contributed by atoms with Gasteiger partial charge in [0.2, 0.25) is 0 Å². The van der Waals surface area contributed by atoms with E-state index in [0.717, 1.165) is 25.9 Å². The third kappa shape index (κ3) is 3.18. The third-order valence-corrected chi connectivity index (χ3v) is 1.98. The molecule has 1 radical (unpaired) electrons. The van der Waals surface area contributed by atoms with Gasteiger partial charge < -0.3 is 15.1 Å². The Morgan fingerprint density at radius 1 is 1.36 bits per heavy atom. The van der Waals surface area contributed by atoms with E-state index in [1.165, 1.54) is 0 Å². The van der Waals surface area contributed by atoms with Crippen molar-refractivity contribution < 1.29 is 10.2 Å². The molecule has 1 unspecified atom stereocenters. The van der Waals surface area contributed by atoms with Gasteiger partial charge in [-0.15, -0.1) is 0 Å². The van der Waals surface area contributed by atoms with Crippen molar-refractivity contribution in [2.24, 2.45) is 0 Å². The molecular weight excluding hydrogens is 142 g/mol. The standard InChI is InChI=1S/C8H16NO2/c10-7-8(11)6-9-4-2-1-3-5-9/h1,8,10-11H,2-7H2. The molecule has 1 aliphatic rings. The van der Waals surface area contributed by atoms with Crippen LogP contribution in [0.15, 0.2) is 0 Å². The second-order valence-electron chi connectivity index (χ2n) is 3.00. The first-order valence-corrected chi connectivity index (χ1v) is 4.16. The van der Waals surface area contributed by atoms with Gasteiger partial charge in [0.15, 0.2) is 0 Å². The van der Waals surface area contributed by atoms with Crippen LogP contribution in [0.4, 0.5) is 0 Å². The minimum Gasteiger partial charge on any atom is -0.394 e. The van der Waals surface area contributed by atoms with E-state index in [2.05, 4.69) is 11.3 Å². The molecule has 65 valence electrons. The molecule has 11 heavy (non-hydrogen) atoms. The first-order valence-electron chi connectivity index (χ1n) is 4.16. The van der Waals surface area contributed by atoms with Gasteiger partial charge in [-0.2, -0.15) is 0 Å². The quantitative estimate of drug-likeness (QED) is 0.589. The van der Waals surface area contributed by atoms with Crippen LogP contribution in [0, 0.1) is 6.42 Å². The van der Waals surface area contributed by atoms with Crippen LogP contribution in [-0.2, 0) is 0 Å². The maximum atomic E-state index is 9.11. The van der Waals surface area contributed by atoms with E-state index in [9.17, 15) is 0 Å². The molecule has 3 nitrogen and oxygen atoms in total. The van der Waals surface area contributed by atoms with Gasteiger partial charge in [0, 0.05) is 6.54 Å². The Labute approximate surface area is 67.6 Å². The zero-order valence-electron chi connectivity index (χ0n) is 6.74. The summed E-state index contributed by atoms with van der Waals surface area (Å²) in [5.41, 5.74) is 0. The number of piperidine rings is 1. The topological polar surface area (TPSA) is 43.7 Å². The summed E-state index contributed by atoms with van der Waals surface area (Å²) < 4.78 is 0. The summed E-state index contributed by atoms with van der Waals surface area (Å²) in [4.78, 5) is 2.18. The molecule has 3 heteroatoms. The summed E-state index contributed by atoms with van der Waals surface area (Å²) >= 11 is 0. The van der Waals surface area contributed by atoms with Crippen LogP contribution in [0.2, 0.25) is 0 Å². The van der Waals surface area contributed by atoms with E-state index in [1.54, 1.807) is 0 Å². The largest absolute Gasteiger partial charge is 0.394 e. The number of likely N-dealkylation sites (tertiary alicyclic amines) is 1. The second-order valence-corrected chi connectivity index (χ2v) is 3.00. The highest BCUT2D eigenvalue weighted by Crippen LogP contribution is 2.07. The molecule has 0 aromatic heterocycles. The zero-order chi connectivity index (χ0) is 8.10. The average Bonchev–Trinajstić information content (AvgIpc) is 2.06. The Bertz CT molecular complexity index is 102. The van der Waals surface area contributed by atoms with Gasteiger partial charge in [0.05, 0.1) is 12.7 Å². The highest BCUT2D eigenvalue weighted by molar-refractivity contribution is 4.77. The van der Waals surface area contributed by atoms with Crippen molar-refractivity contribution in [3.05, 3.63) is 6.42 Å². The van der Waals surface area contributed by atoms with Crippen LogP contribution in [0.5, 0.6) is 0 Å². The molecule has 0 spiro atoms. The predicted molar refractivity (Wildman–Crippen MR) is 43.1 cm³/mol. The molecule has 1 heterocycles. The fourth-order valence-electron chi connectivity index (χ4n) is 1.34. The molecular formula is C8H16NO2. The highest BCUT2D eigenvalue weighted by atomic mass is 16.3. The first-order chi connectivity index (χ1) is 5.33. The zero-order valence-corrected chi connectivity index (χ0v) is 6.74. The van der Waals surface area contributed by atoms with E-state index >= 15 is 0 Å².